The van der Waals surface area contributed by atoms with E-state index >= 15 is 0 Å². The summed E-state index contributed by atoms with van der Waals surface area (Å²) in [6.45, 7) is 3.31. The summed E-state index contributed by atoms with van der Waals surface area (Å²) in [5.41, 5.74) is 7.28. The van der Waals surface area contributed by atoms with E-state index in [-0.39, 0.29) is 5.78 Å². The van der Waals surface area contributed by atoms with Crippen LogP contribution in [-0.4, -0.2) is 10.8 Å². The van der Waals surface area contributed by atoms with Crippen molar-refractivity contribution in [2.24, 2.45) is 5.73 Å². The van der Waals surface area contributed by atoms with Crippen LogP contribution in [0.15, 0.2) is 12.3 Å². The summed E-state index contributed by atoms with van der Waals surface area (Å²) >= 11 is 5.66. The zero-order chi connectivity index (χ0) is 10.0. The Morgan fingerprint density at radius 2 is 2.31 bits per heavy atom. The molecular weight excluding hydrogens is 188 g/mol. The Bertz CT molecular complexity index is 338. The van der Waals surface area contributed by atoms with Gasteiger partial charge in [-0.05, 0) is 31.0 Å². The molecular formula is C9H11ClN2O. The van der Waals surface area contributed by atoms with Crippen molar-refractivity contribution in [1.82, 2.24) is 4.98 Å². The third kappa shape index (κ3) is 2.26. The molecule has 1 heterocycles. The molecule has 0 aliphatic heterocycles. The summed E-state index contributed by atoms with van der Waals surface area (Å²) in [4.78, 5) is 14.9. The summed E-state index contributed by atoms with van der Waals surface area (Å²) < 4.78 is 0. The van der Waals surface area contributed by atoms with Crippen LogP contribution in [0.5, 0.6) is 0 Å². The van der Waals surface area contributed by atoms with Crippen LogP contribution in [0.3, 0.4) is 0 Å². The van der Waals surface area contributed by atoms with E-state index in [0.717, 1.165) is 11.1 Å². The van der Waals surface area contributed by atoms with Gasteiger partial charge in [0.15, 0.2) is 5.78 Å². The Kier molecular flexibility index (Phi) is 3.01. The van der Waals surface area contributed by atoms with Gasteiger partial charge < -0.3 is 5.73 Å². The highest BCUT2D eigenvalue weighted by molar-refractivity contribution is 6.29. The van der Waals surface area contributed by atoms with Crippen molar-refractivity contribution in [2.75, 3.05) is 0 Å². The molecule has 70 valence electrons. The SMILES string of the molecule is CC(=O)C(N)c1cnc(Cl)cc1C. The minimum atomic E-state index is -0.593. The lowest BCUT2D eigenvalue weighted by Gasteiger charge is -2.10. The molecule has 0 fully saturated rings. The predicted molar refractivity (Wildman–Crippen MR) is 51.6 cm³/mol. The number of aryl methyl sites for hydroxylation is 1. The van der Waals surface area contributed by atoms with Gasteiger partial charge in [-0.3, -0.25) is 4.79 Å². The molecule has 1 rings (SSSR count). The minimum Gasteiger partial charge on any atom is -0.318 e. The smallest absolute Gasteiger partial charge is 0.151 e. The zero-order valence-corrected chi connectivity index (χ0v) is 8.30. The first-order valence-electron chi connectivity index (χ1n) is 3.90. The second-order valence-electron chi connectivity index (χ2n) is 2.95. The molecule has 1 unspecified atom stereocenters. The van der Waals surface area contributed by atoms with Crippen LogP contribution >= 0.6 is 11.6 Å². The monoisotopic (exact) mass is 198 g/mol. The molecule has 0 aliphatic rings. The van der Waals surface area contributed by atoms with Gasteiger partial charge >= 0.3 is 0 Å². The predicted octanol–water partition coefficient (Wildman–Crippen LogP) is 1.63. The third-order valence-corrected chi connectivity index (χ3v) is 2.10. The van der Waals surface area contributed by atoms with Crippen molar-refractivity contribution in [1.29, 1.82) is 0 Å². The molecule has 0 saturated carbocycles. The maximum absolute atomic E-state index is 11.0. The van der Waals surface area contributed by atoms with Gasteiger partial charge in [-0.15, -0.1) is 0 Å². The molecule has 4 heteroatoms. The number of nitrogens with two attached hydrogens (primary N) is 1. The lowest BCUT2D eigenvalue weighted by atomic mass is 10.0. The molecule has 1 aromatic rings. The van der Waals surface area contributed by atoms with Crippen molar-refractivity contribution >= 4 is 17.4 Å². The maximum atomic E-state index is 11.0. The average Bonchev–Trinajstić information content (AvgIpc) is 2.03. The highest BCUT2D eigenvalue weighted by Gasteiger charge is 2.13. The number of hydrogen-bond donors (Lipinski definition) is 1. The van der Waals surface area contributed by atoms with Crippen LogP contribution in [0.4, 0.5) is 0 Å². The fraction of sp³-hybridized carbons (Fsp3) is 0.333. The maximum Gasteiger partial charge on any atom is 0.151 e. The molecule has 0 bridgehead atoms. The van der Waals surface area contributed by atoms with Crippen molar-refractivity contribution in [3.05, 3.63) is 28.5 Å². The van der Waals surface area contributed by atoms with E-state index in [4.69, 9.17) is 17.3 Å². The second kappa shape index (κ2) is 3.85. The number of halogens is 1. The van der Waals surface area contributed by atoms with E-state index in [9.17, 15) is 4.79 Å². The minimum absolute atomic E-state index is 0.0766. The van der Waals surface area contributed by atoms with E-state index < -0.39 is 6.04 Å². The van der Waals surface area contributed by atoms with Crippen LogP contribution in [0.2, 0.25) is 5.15 Å². The van der Waals surface area contributed by atoms with Crippen molar-refractivity contribution in [3.8, 4) is 0 Å². The Morgan fingerprint density at radius 3 is 2.77 bits per heavy atom. The molecule has 1 atom stereocenters. The van der Waals surface area contributed by atoms with Crippen LogP contribution in [0.1, 0.15) is 24.1 Å². The summed E-state index contributed by atoms with van der Waals surface area (Å²) in [6, 6.07) is 1.10. The van der Waals surface area contributed by atoms with Gasteiger partial charge in [0.25, 0.3) is 0 Å². The van der Waals surface area contributed by atoms with Gasteiger partial charge in [0.1, 0.15) is 5.15 Å². The normalized spacial score (nSPS) is 12.6. The molecule has 3 nitrogen and oxygen atoms in total. The number of ketones is 1. The lowest BCUT2D eigenvalue weighted by molar-refractivity contribution is -0.118. The number of aromatic nitrogens is 1. The van der Waals surface area contributed by atoms with E-state index in [1.54, 1.807) is 12.3 Å². The number of hydrogen-bond acceptors (Lipinski definition) is 3. The summed E-state index contributed by atoms with van der Waals surface area (Å²) in [6.07, 6.45) is 1.55. The Hall–Kier alpha value is -0.930. The largest absolute Gasteiger partial charge is 0.318 e. The Balaban J connectivity index is 3.08. The zero-order valence-electron chi connectivity index (χ0n) is 7.54. The van der Waals surface area contributed by atoms with Crippen LogP contribution in [-0.2, 0) is 4.79 Å². The fourth-order valence-electron chi connectivity index (χ4n) is 1.08. The highest BCUT2D eigenvalue weighted by atomic mass is 35.5. The first kappa shape index (κ1) is 10.2. The molecule has 1 aromatic heterocycles. The van der Waals surface area contributed by atoms with Gasteiger partial charge in [-0.25, -0.2) is 4.98 Å². The van der Waals surface area contributed by atoms with Crippen LogP contribution in [0, 0.1) is 6.92 Å². The Labute approximate surface area is 81.9 Å². The van der Waals surface area contributed by atoms with E-state index in [0.29, 0.717) is 5.15 Å². The molecule has 2 N–H and O–H groups in total. The Morgan fingerprint density at radius 1 is 1.69 bits per heavy atom. The summed E-state index contributed by atoms with van der Waals surface area (Å²) in [7, 11) is 0. The average molecular weight is 199 g/mol. The van der Waals surface area contributed by atoms with Crippen molar-refractivity contribution < 1.29 is 4.79 Å². The van der Waals surface area contributed by atoms with Gasteiger partial charge in [0.05, 0.1) is 6.04 Å². The molecule has 0 radical (unpaired) electrons. The van der Waals surface area contributed by atoms with E-state index in [1.807, 2.05) is 6.92 Å². The fourth-order valence-corrected chi connectivity index (χ4v) is 1.29. The lowest BCUT2D eigenvalue weighted by Crippen LogP contribution is -2.19. The number of carbonyl (C=O) groups excluding carboxylic acids is 1. The van der Waals surface area contributed by atoms with Crippen molar-refractivity contribution in [2.45, 2.75) is 19.9 Å². The summed E-state index contributed by atoms with van der Waals surface area (Å²) in [5, 5.41) is 0.414. The van der Waals surface area contributed by atoms with Gasteiger partial charge in [0, 0.05) is 6.20 Å². The number of Topliss-reactive ketones (excluding diaryl/α,β-unsaturated/α-hetero) is 1. The molecule has 0 spiro atoms. The highest BCUT2D eigenvalue weighted by Crippen LogP contribution is 2.17. The first-order chi connectivity index (χ1) is 6.02. The van der Waals surface area contributed by atoms with E-state index in [1.165, 1.54) is 6.92 Å². The van der Waals surface area contributed by atoms with Crippen LogP contribution in [0.25, 0.3) is 0 Å². The second-order valence-corrected chi connectivity index (χ2v) is 3.34. The molecule has 0 saturated heterocycles. The first-order valence-corrected chi connectivity index (χ1v) is 4.28. The number of rotatable bonds is 2. The van der Waals surface area contributed by atoms with Gasteiger partial charge in [-0.1, -0.05) is 11.6 Å². The topological polar surface area (TPSA) is 56.0 Å². The molecule has 0 amide bonds. The molecule has 0 aliphatic carbocycles. The third-order valence-electron chi connectivity index (χ3n) is 1.89. The van der Waals surface area contributed by atoms with Gasteiger partial charge in [-0.2, -0.15) is 0 Å². The number of carbonyl (C=O) groups is 1. The molecule has 0 aromatic carbocycles. The molecule has 13 heavy (non-hydrogen) atoms. The summed E-state index contributed by atoms with van der Waals surface area (Å²) in [5.74, 6) is -0.0766. The quantitative estimate of drug-likeness (QED) is 0.735. The van der Waals surface area contributed by atoms with Crippen LogP contribution < -0.4 is 5.73 Å². The van der Waals surface area contributed by atoms with E-state index in [2.05, 4.69) is 4.98 Å². The van der Waals surface area contributed by atoms with Gasteiger partial charge in [0.2, 0.25) is 0 Å². The number of pyridine rings is 1. The standard InChI is InChI=1S/C9H11ClN2O/c1-5-3-8(10)12-4-7(5)9(11)6(2)13/h3-4,9H,11H2,1-2H3. The van der Waals surface area contributed by atoms with Crippen molar-refractivity contribution in [3.63, 3.8) is 0 Å². The number of nitrogens with zero attached hydrogens (tertiary/aromatic N) is 1.